The lowest BCUT2D eigenvalue weighted by molar-refractivity contribution is -0.143. The van der Waals surface area contributed by atoms with Gasteiger partial charge in [-0.15, -0.1) is 0 Å². The fourth-order valence-corrected chi connectivity index (χ4v) is 1.56. The highest BCUT2D eigenvalue weighted by molar-refractivity contribution is 4.82. The van der Waals surface area contributed by atoms with Crippen LogP contribution in [0.2, 0.25) is 0 Å². The summed E-state index contributed by atoms with van der Waals surface area (Å²) in [5.74, 6) is 0. The van der Waals surface area contributed by atoms with E-state index in [0.717, 1.165) is 0 Å². The maximum Gasteiger partial charge on any atom is 0.389 e. The van der Waals surface area contributed by atoms with Gasteiger partial charge in [-0.25, -0.2) is 0 Å². The first kappa shape index (κ1) is 15.7. The fraction of sp³-hybridized carbons (Fsp3) is 1.00. The molecule has 2 nitrogen and oxygen atoms in total. The number of alkyl halides is 3. The molecule has 0 radical (unpaired) electrons. The third-order valence-corrected chi connectivity index (χ3v) is 2.82. The van der Waals surface area contributed by atoms with Crippen LogP contribution in [0, 0.1) is 0 Å². The Bertz CT molecular complexity index is 194. The number of hydrogen-bond donors (Lipinski definition) is 1. The summed E-state index contributed by atoms with van der Waals surface area (Å²) in [6.07, 6.45) is -5.21. The third-order valence-electron chi connectivity index (χ3n) is 2.82. The molecule has 0 aromatic heterocycles. The van der Waals surface area contributed by atoms with Gasteiger partial charge in [-0.3, -0.25) is 0 Å². The van der Waals surface area contributed by atoms with Gasteiger partial charge < -0.3 is 9.84 Å². The van der Waals surface area contributed by atoms with Gasteiger partial charge in [-0.2, -0.15) is 13.2 Å². The Labute approximate surface area is 94.8 Å². The summed E-state index contributed by atoms with van der Waals surface area (Å²) in [6.45, 7) is 5.83. The van der Waals surface area contributed by atoms with Gasteiger partial charge in [0.15, 0.2) is 0 Å². The van der Waals surface area contributed by atoms with E-state index in [2.05, 4.69) is 0 Å². The largest absolute Gasteiger partial charge is 0.390 e. The monoisotopic (exact) mass is 242 g/mol. The van der Waals surface area contributed by atoms with Gasteiger partial charge in [0.2, 0.25) is 0 Å². The van der Waals surface area contributed by atoms with Crippen molar-refractivity contribution in [1.82, 2.24) is 0 Å². The zero-order chi connectivity index (χ0) is 12.8. The third kappa shape index (κ3) is 5.70. The molecule has 0 aliphatic heterocycles. The van der Waals surface area contributed by atoms with Crippen LogP contribution in [0.5, 0.6) is 0 Å². The summed E-state index contributed by atoms with van der Waals surface area (Å²) in [5, 5.41) is 9.80. The molecule has 0 fully saturated rings. The van der Waals surface area contributed by atoms with E-state index in [0.29, 0.717) is 13.0 Å². The summed E-state index contributed by atoms with van der Waals surface area (Å²) >= 11 is 0. The second-order valence-electron chi connectivity index (χ2n) is 4.12. The van der Waals surface area contributed by atoms with Gasteiger partial charge in [-0.05, 0) is 33.1 Å². The van der Waals surface area contributed by atoms with Crippen LogP contribution in [0.3, 0.4) is 0 Å². The minimum Gasteiger partial charge on any atom is -0.390 e. The number of hydrogen-bond acceptors (Lipinski definition) is 2. The molecule has 98 valence electrons. The molecule has 0 bridgehead atoms. The van der Waals surface area contributed by atoms with Crippen LogP contribution in [0.4, 0.5) is 13.2 Å². The standard InChI is InChI=1S/C11H21F3O2/c1-4-10(3,16-5-2)9(15)7-6-8-11(12,13)14/h9,15H,4-8H2,1-3H3. The first-order chi connectivity index (χ1) is 7.25. The van der Waals surface area contributed by atoms with E-state index >= 15 is 0 Å². The van der Waals surface area contributed by atoms with Crippen molar-refractivity contribution in [3.05, 3.63) is 0 Å². The molecule has 1 N–H and O–H groups in total. The highest BCUT2D eigenvalue weighted by Crippen LogP contribution is 2.27. The van der Waals surface area contributed by atoms with Crippen molar-refractivity contribution in [3.63, 3.8) is 0 Å². The number of aliphatic hydroxyl groups excluding tert-OH is 1. The molecule has 0 saturated carbocycles. The lowest BCUT2D eigenvalue weighted by Gasteiger charge is -2.33. The Hall–Kier alpha value is -0.290. The van der Waals surface area contributed by atoms with Crippen LogP contribution in [-0.4, -0.2) is 29.6 Å². The summed E-state index contributed by atoms with van der Waals surface area (Å²) in [4.78, 5) is 0. The molecule has 0 aromatic rings. The topological polar surface area (TPSA) is 29.5 Å². The Morgan fingerprint density at radius 2 is 1.81 bits per heavy atom. The van der Waals surface area contributed by atoms with Crippen molar-refractivity contribution in [2.75, 3.05) is 6.61 Å². The lowest BCUT2D eigenvalue weighted by atomic mass is 9.92. The van der Waals surface area contributed by atoms with Gasteiger partial charge in [-0.1, -0.05) is 6.92 Å². The number of aliphatic hydroxyl groups is 1. The van der Waals surface area contributed by atoms with Gasteiger partial charge >= 0.3 is 6.18 Å². The number of halogens is 3. The van der Waals surface area contributed by atoms with E-state index in [9.17, 15) is 18.3 Å². The lowest BCUT2D eigenvalue weighted by Crippen LogP contribution is -2.41. The van der Waals surface area contributed by atoms with Crippen LogP contribution in [-0.2, 0) is 4.74 Å². The second kappa shape index (κ2) is 6.45. The van der Waals surface area contributed by atoms with Gasteiger partial charge in [0, 0.05) is 13.0 Å². The predicted molar refractivity (Wildman–Crippen MR) is 56.2 cm³/mol. The molecule has 0 rings (SSSR count). The van der Waals surface area contributed by atoms with Crippen LogP contribution in [0.1, 0.15) is 46.5 Å². The Kier molecular flexibility index (Phi) is 6.33. The van der Waals surface area contributed by atoms with Crippen molar-refractivity contribution in [1.29, 1.82) is 0 Å². The van der Waals surface area contributed by atoms with Gasteiger partial charge in [0.05, 0.1) is 11.7 Å². The Morgan fingerprint density at radius 1 is 1.25 bits per heavy atom. The second-order valence-corrected chi connectivity index (χ2v) is 4.12. The summed E-state index contributed by atoms with van der Waals surface area (Å²) in [5.41, 5.74) is -0.736. The van der Waals surface area contributed by atoms with E-state index in [1.807, 2.05) is 6.92 Å². The van der Waals surface area contributed by atoms with Crippen molar-refractivity contribution in [2.24, 2.45) is 0 Å². The van der Waals surface area contributed by atoms with E-state index in [-0.39, 0.29) is 12.8 Å². The Morgan fingerprint density at radius 3 is 2.19 bits per heavy atom. The average Bonchev–Trinajstić information content (AvgIpc) is 2.15. The quantitative estimate of drug-likeness (QED) is 0.742. The minimum atomic E-state index is -4.14. The first-order valence-electron chi connectivity index (χ1n) is 5.64. The molecule has 0 spiro atoms. The van der Waals surface area contributed by atoms with E-state index < -0.39 is 24.3 Å². The summed E-state index contributed by atoms with van der Waals surface area (Å²) in [7, 11) is 0. The maximum atomic E-state index is 11.9. The molecular weight excluding hydrogens is 221 g/mol. The summed E-state index contributed by atoms with van der Waals surface area (Å²) in [6, 6.07) is 0. The maximum absolute atomic E-state index is 11.9. The van der Waals surface area contributed by atoms with Gasteiger partial charge in [0.25, 0.3) is 0 Å². The molecule has 2 unspecified atom stereocenters. The molecular formula is C11H21F3O2. The van der Waals surface area contributed by atoms with Crippen molar-refractivity contribution >= 4 is 0 Å². The van der Waals surface area contributed by atoms with Crippen LogP contribution in [0.15, 0.2) is 0 Å². The first-order valence-corrected chi connectivity index (χ1v) is 5.64. The number of ether oxygens (including phenoxy) is 1. The van der Waals surface area contributed by atoms with Crippen molar-refractivity contribution in [3.8, 4) is 0 Å². The molecule has 0 aliphatic rings. The van der Waals surface area contributed by atoms with Crippen LogP contribution in [0.25, 0.3) is 0 Å². The van der Waals surface area contributed by atoms with Crippen molar-refractivity contribution < 1.29 is 23.0 Å². The summed E-state index contributed by atoms with van der Waals surface area (Å²) < 4.78 is 41.2. The average molecular weight is 242 g/mol. The predicted octanol–water partition coefficient (Wildman–Crippen LogP) is 3.29. The molecule has 16 heavy (non-hydrogen) atoms. The molecule has 0 heterocycles. The highest BCUT2D eigenvalue weighted by atomic mass is 19.4. The van der Waals surface area contributed by atoms with Crippen LogP contribution >= 0.6 is 0 Å². The Balaban J connectivity index is 4.07. The normalized spacial score (nSPS) is 18.2. The molecule has 0 aliphatic carbocycles. The van der Waals surface area contributed by atoms with E-state index in [1.165, 1.54) is 0 Å². The van der Waals surface area contributed by atoms with E-state index in [1.54, 1.807) is 13.8 Å². The fourth-order valence-electron chi connectivity index (χ4n) is 1.56. The van der Waals surface area contributed by atoms with E-state index in [4.69, 9.17) is 4.74 Å². The molecule has 5 heteroatoms. The molecule has 2 atom stereocenters. The smallest absolute Gasteiger partial charge is 0.389 e. The highest BCUT2D eigenvalue weighted by Gasteiger charge is 2.33. The molecule has 0 amide bonds. The van der Waals surface area contributed by atoms with Crippen molar-refractivity contribution in [2.45, 2.75) is 64.3 Å². The SMILES string of the molecule is CCOC(C)(CC)C(O)CCCC(F)(F)F. The molecule has 0 aromatic carbocycles. The minimum absolute atomic E-state index is 0.0622. The zero-order valence-corrected chi connectivity index (χ0v) is 10.1. The van der Waals surface area contributed by atoms with Crippen LogP contribution < -0.4 is 0 Å². The number of rotatable bonds is 7. The zero-order valence-electron chi connectivity index (χ0n) is 10.1. The molecule has 0 saturated heterocycles. The van der Waals surface area contributed by atoms with Gasteiger partial charge in [0.1, 0.15) is 0 Å².